The van der Waals surface area contributed by atoms with Gasteiger partial charge < -0.3 is 19.7 Å². The molecule has 0 fully saturated rings. The molecular weight excluding hydrogens is 278 g/mol. The number of aromatic nitrogens is 1. The van der Waals surface area contributed by atoms with Crippen LogP contribution in [0.5, 0.6) is 0 Å². The number of amides is 1. The number of carbonyl (C=O) groups excluding carboxylic acids is 1. The van der Waals surface area contributed by atoms with Crippen LogP contribution in [0.4, 0.5) is 5.69 Å². The number of hydrogen-bond donors (Lipinski definition) is 2. The second-order valence-electron chi connectivity index (χ2n) is 4.48. The zero-order chi connectivity index (χ0) is 15.7. The monoisotopic (exact) mass is 299 g/mol. The second-order valence-corrected chi connectivity index (χ2v) is 4.48. The molecule has 8 heteroatoms. The molecule has 0 saturated carbocycles. The van der Waals surface area contributed by atoms with E-state index in [2.05, 4.69) is 5.32 Å². The van der Waals surface area contributed by atoms with Crippen LogP contribution >= 0.6 is 0 Å². The van der Waals surface area contributed by atoms with Crippen LogP contribution in [0.15, 0.2) is 12.3 Å². The molecule has 2 N–H and O–H groups in total. The quantitative estimate of drug-likeness (QED) is 0.380. The highest BCUT2D eigenvalue weighted by molar-refractivity contribution is 5.93. The standard InChI is InChI=1S/C13H21N3O5/c1-2-5-15-10-11(16(19)20)9-12(15)13(18)14-4-3-7-21-8-6-17/h9-10,17H,2-8H2,1H3,(H,14,18). The van der Waals surface area contributed by atoms with Gasteiger partial charge in [0, 0.05) is 25.8 Å². The molecule has 118 valence electrons. The molecule has 0 radical (unpaired) electrons. The Morgan fingerprint density at radius 3 is 2.90 bits per heavy atom. The van der Waals surface area contributed by atoms with Gasteiger partial charge in [-0.3, -0.25) is 14.9 Å². The van der Waals surface area contributed by atoms with Crippen LogP contribution in [-0.2, 0) is 11.3 Å². The normalized spacial score (nSPS) is 10.6. The SMILES string of the molecule is CCCn1cc([N+](=O)[O-])cc1C(=O)NCCCOCCO. The Balaban J connectivity index is 2.54. The molecule has 8 nitrogen and oxygen atoms in total. The van der Waals surface area contributed by atoms with Crippen LogP contribution in [0.2, 0.25) is 0 Å². The van der Waals surface area contributed by atoms with Crippen LogP contribution in [0, 0.1) is 10.1 Å². The number of ether oxygens (including phenoxy) is 1. The van der Waals surface area contributed by atoms with Crippen LogP contribution in [0.1, 0.15) is 30.3 Å². The fourth-order valence-electron chi connectivity index (χ4n) is 1.84. The fraction of sp³-hybridized carbons (Fsp3) is 0.615. The first kappa shape index (κ1) is 17.1. The molecule has 1 aromatic rings. The summed E-state index contributed by atoms with van der Waals surface area (Å²) < 4.78 is 6.67. The maximum absolute atomic E-state index is 12.0. The van der Waals surface area contributed by atoms with Crippen molar-refractivity contribution in [1.82, 2.24) is 9.88 Å². The molecule has 0 aromatic carbocycles. The van der Waals surface area contributed by atoms with E-state index in [1.165, 1.54) is 12.3 Å². The molecule has 0 bridgehead atoms. The van der Waals surface area contributed by atoms with Crippen molar-refractivity contribution in [3.8, 4) is 0 Å². The van der Waals surface area contributed by atoms with Gasteiger partial charge in [-0.1, -0.05) is 6.92 Å². The number of nitro groups is 1. The van der Waals surface area contributed by atoms with Gasteiger partial charge in [-0.15, -0.1) is 0 Å². The van der Waals surface area contributed by atoms with Crippen molar-refractivity contribution in [2.24, 2.45) is 0 Å². The van der Waals surface area contributed by atoms with E-state index >= 15 is 0 Å². The molecule has 1 aromatic heterocycles. The Morgan fingerprint density at radius 1 is 1.52 bits per heavy atom. The number of nitrogens with zero attached hydrogens (tertiary/aromatic N) is 2. The first-order valence-corrected chi connectivity index (χ1v) is 6.91. The highest BCUT2D eigenvalue weighted by Gasteiger charge is 2.18. The summed E-state index contributed by atoms with van der Waals surface area (Å²) in [5.41, 5.74) is 0.208. The third-order valence-corrected chi connectivity index (χ3v) is 2.78. The van der Waals surface area contributed by atoms with Gasteiger partial charge in [-0.25, -0.2) is 0 Å². The molecule has 0 aliphatic heterocycles. The molecule has 1 rings (SSSR count). The first-order chi connectivity index (χ1) is 10.1. The number of rotatable bonds is 10. The van der Waals surface area contributed by atoms with E-state index in [1.807, 2.05) is 6.92 Å². The van der Waals surface area contributed by atoms with E-state index in [4.69, 9.17) is 9.84 Å². The lowest BCUT2D eigenvalue weighted by atomic mass is 10.3. The number of aliphatic hydroxyl groups excluding tert-OH is 1. The molecule has 0 spiro atoms. The Kier molecular flexibility index (Phi) is 7.41. The number of aryl methyl sites for hydroxylation is 1. The highest BCUT2D eigenvalue weighted by atomic mass is 16.6. The lowest BCUT2D eigenvalue weighted by Crippen LogP contribution is -2.27. The van der Waals surface area contributed by atoms with Crippen molar-refractivity contribution in [3.63, 3.8) is 0 Å². The van der Waals surface area contributed by atoms with Crippen molar-refractivity contribution < 1.29 is 19.6 Å². The average molecular weight is 299 g/mol. The van der Waals surface area contributed by atoms with Gasteiger partial charge in [0.05, 0.1) is 24.3 Å². The van der Waals surface area contributed by atoms with Crippen LogP contribution in [-0.4, -0.2) is 46.9 Å². The summed E-state index contributed by atoms with van der Waals surface area (Å²) in [5.74, 6) is -0.335. The Hall–Kier alpha value is -1.93. The average Bonchev–Trinajstić information content (AvgIpc) is 2.87. The summed E-state index contributed by atoms with van der Waals surface area (Å²) in [4.78, 5) is 22.3. The van der Waals surface area contributed by atoms with Gasteiger partial charge in [0.25, 0.3) is 11.6 Å². The third kappa shape index (κ3) is 5.52. The summed E-state index contributed by atoms with van der Waals surface area (Å²) in [6, 6.07) is 1.28. The second kappa shape index (κ2) is 9.09. The number of carbonyl (C=O) groups is 1. The number of nitrogens with one attached hydrogen (secondary N) is 1. The van der Waals surface area contributed by atoms with Gasteiger partial charge in [-0.2, -0.15) is 0 Å². The zero-order valence-electron chi connectivity index (χ0n) is 12.1. The largest absolute Gasteiger partial charge is 0.394 e. The molecule has 0 aliphatic rings. The van der Waals surface area contributed by atoms with Gasteiger partial charge in [0.15, 0.2) is 0 Å². The number of hydrogen-bond acceptors (Lipinski definition) is 5. The summed E-state index contributed by atoms with van der Waals surface area (Å²) >= 11 is 0. The lowest BCUT2D eigenvalue weighted by molar-refractivity contribution is -0.384. The summed E-state index contributed by atoms with van der Waals surface area (Å²) in [6.45, 7) is 3.59. The van der Waals surface area contributed by atoms with E-state index in [1.54, 1.807) is 4.57 Å². The Labute approximate surface area is 122 Å². The van der Waals surface area contributed by atoms with Crippen LogP contribution < -0.4 is 5.32 Å². The van der Waals surface area contributed by atoms with Crippen LogP contribution in [0.3, 0.4) is 0 Å². The number of aliphatic hydroxyl groups is 1. The van der Waals surface area contributed by atoms with Crippen molar-refractivity contribution in [1.29, 1.82) is 0 Å². The minimum atomic E-state index is -0.508. The van der Waals surface area contributed by atoms with Crippen LogP contribution in [0.25, 0.3) is 0 Å². The third-order valence-electron chi connectivity index (χ3n) is 2.78. The fourth-order valence-corrected chi connectivity index (χ4v) is 1.84. The van der Waals surface area contributed by atoms with E-state index in [0.717, 1.165) is 6.42 Å². The Morgan fingerprint density at radius 2 is 2.29 bits per heavy atom. The molecule has 0 unspecified atom stereocenters. The van der Waals surface area contributed by atoms with Gasteiger partial charge in [0.2, 0.25) is 0 Å². The van der Waals surface area contributed by atoms with Crippen molar-refractivity contribution in [2.75, 3.05) is 26.4 Å². The first-order valence-electron chi connectivity index (χ1n) is 6.91. The van der Waals surface area contributed by atoms with E-state index in [0.29, 0.717) is 31.8 Å². The van der Waals surface area contributed by atoms with Gasteiger partial charge >= 0.3 is 0 Å². The van der Waals surface area contributed by atoms with Crippen molar-refractivity contribution >= 4 is 11.6 Å². The summed E-state index contributed by atoms with van der Waals surface area (Å²) in [7, 11) is 0. The molecule has 0 aliphatic carbocycles. The van der Waals surface area contributed by atoms with Gasteiger partial charge in [-0.05, 0) is 12.8 Å². The van der Waals surface area contributed by atoms with E-state index < -0.39 is 4.92 Å². The van der Waals surface area contributed by atoms with E-state index in [-0.39, 0.29) is 24.8 Å². The van der Waals surface area contributed by atoms with Crippen molar-refractivity contribution in [2.45, 2.75) is 26.3 Å². The minimum absolute atomic E-state index is 0.0272. The molecule has 0 atom stereocenters. The zero-order valence-corrected chi connectivity index (χ0v) is 12.1. The molecular formula is C13H21N3O5. The lowest BCUT2D eigenvalue weighted by Gasteiger charge is -2.08. The molecule has 21 heavy (non-hydrogen) atoms. The molecule has 1 amide bonds. The van der Waals surface area contributed by atoms with Crippen molar-refractivity contribution in [3.05, 3.63) is 28.1 Å². The Bertz CT molecular complexity index is 472. The smallest absolute Gasteiger partial charge is 0.287 e. The van der Waals surface area contributed by atoms with Gasteiger partial charge in [0.1, 0.15) is 5.69 Å². The molecule has 0 saturated heterocycles. The molecule has 1 heterocycles. The summed E-state index contributed by atoms with van der Waals surface area (Å²) in [6.07, 6.45) is 2.77. The maximum Gasteiger partial charge on any atom is 0.287 e. The predicted octanol–water partition coefficient (Wildman–Crippen LogP) is 0.935. The minimum Gasteiger partial charge on any atom is -0.394 e. The highest BCUT2D eigenvalue weighted by Crippen LogP contribution is 2.17. The summed E-state index contributed by atoms with van der Waals surface area (Å²) in [5, 5.41) is 22.0. The van der Waals surface area contributed by atoms with E-state index in [9.17, 15) is 14.9 Å². The maximum atomic E-state index is 12.0. The topological polar surface area (TPSA) is 107 Å². The predicted molar refractivity (Wildman–Crippen MR) is 76.2 cm³/mol.